The van der Waals surface area contributed by atoms with Crippen LogP contribution in [0.2, 0.25) is 13.1 Å². The highest BCUT2D eigenvalue weighted by atomic mass is 28.4. The molecular weight excluding hydrogens is 232 g/mol. The second-order valence-electron chi connectivity index (χ2n) is 4.24. The molecule has 94 valence electrons. The van der Waals surface area contributed by atoms with Crippen LogP contribution in [0, 0.1) is 0 Å². The van der Waals surface area contributed by atoms with Gasteiger partial charge in [-0.3, -0.25) is 0 Å². The third-order valence-electron chi connectivity index (χ3n) is 2.60. The van der Waals surface area contributed by atoms with Crippen molar-refractivity contribution in [1.29, 1.82) is 0 Å². The monoisotopic (exact) mass is 252 g/mol. The highest BCUT2D eigenvalue weighted by molar-refractivity contribution is 6.84. The lowest BCUT2D eigenvalue weighted by molar-refractivity contribution is 0.0526. The van der Waals surface area contributed by atoms with Gasteiger partial charge in [0, 0.05) is 6.61 Å². The van der Waals surface area contributed by atoms with Crippen molar-refractivity contribution in [3.8, 4) is 0 Å². The number of esters is 1. The van der Waals surface area contributed by atoms with Crippen LogP contribution in [-0.2, 0) is 9.16 Å². The highest BCUT2D eigenvalue weighted by Crippen LogP contribution is 2.07. The second kappa shape index (κ2) is 5.98. The van der Waals surface area contributed by atoms with Gasteiger partial charge in [0.05, 0.1) is 12.2 Å². The summed E-state index contributed by atoms with van der Waals surface area (Å²) in [4.78, 5) is 11.5. The quantitative estimate of drug-likeness (QED) is 0.596. The van der Waals surface area contributed by atoms with Gasteiger partial charge >= 0.3 is 5.97 Å². The van der Waals surface area contributed by atoms with Crippen LogP contribution in [0.3, 0.4) is 0 Å². The van der Waals surface area contributed by atoms with Crippen LogP contribution in [-0.4, -0.2) is 27.5 Å². The van der Waals surface area contributed by atoms with E-state index in [2.05, 4.69) is 13.1 Å². The van der Waals surface area contributed by atoms with Gasteiger partial charge in [-0.25, -0.2) is 4.79 Å². The molecule has 0 saturated heterocycles. The van der Waals surface area contributed by atoms with Crippen LogP contribution in [0.15, 0.2) is 24.3 Å². The fraction of sp³-hybridized carbons (Fsp3) is 0.462. The second-order valence-corrected chi connectivity index (χ2v) is 8.13. The summed E-state index contributed by atoms with van der Waals surface area (Å²) in [6, 6.07) is 7.55. The van der Waals surface area contributed by atoms with Crippen LogP contribution in [0.1, 0.15) is 24.2 Å². The molecular formula is C13H20O3Si. The van der Waals surface area contributed by atoms with Crippen LogP contribution in [0.25, 0.3) is 0 Å². The molecule has 0 heterocycles. The molecule has 0 unspecified atom stereocenters. The largest absolute Gasteiger partial charge is 0.462 e. The first-order chi connectivity index (χ1) is 8.01. The topological polar surface area (TPSA) is 35.5 Å². The maximum atomic E-state index is 11.5. The summed E-state index contributed by atoms with van der Waals surface area (Å²) in [5, 5.41) is 1.19. The predicted octanol–water partition coefficient (Wildman–Crippen LogP) is 2.31. The lowest BCUT2D eigenvalue weighted by Gasteiger charge is -2.22. The van der Waals surface area contributed by atoms with E-state index in [1.54, 1.807) is 19.1 Å². The molecule has 1 aromatic rings. The van der Waals surface area contributed by atoms with Crippen molar-refractivity contribution in [3.05, 3.63) is 29.8 Å². The van der Waals surface area contributed by atoms with E-state index in [0.29, 0.717) is 12.2 Å². The van der Waals surface area contributed by atoms with Gasteiger partial charge in [-0.1, -0.05) is 12.1 Å². The van der Waals surface area contributed by atoms with E-state index in [1.807, 2.05) is 19.1 Å². The minimum Gasteiger partial charge on any atom is -0.462 e. The minimum absolute atomic E-state index is 0.269. The zero-order chi connectivity index (χ0) is 12.9. The van der Waals surface area contributed by atoms with Gasteiger partial charge in [0.2, 0.25) is 8.32 Å². The molecule has 0 spiro atoms. The molecule has 0 N–H and O–H groups in total. The Kier molecular flexibility index (Phi) is 4.90. The van der Waals surface area contributed by atoms with E-state index in [-0.39, 0.29) is 5.97 Å². The summed E-state index contributed by atoms with van der Waals surface area (Å²) in [6.45, 7) is 9.23. The van der Waals surface area contributed by atoms with Crippen molar-refractivity contribution >= 4 is 19.5 Å². The first-order valence-electron chi connectivity index (χ1n) is 5.93. The van der Waals surface area contributed by atoms with Gasteiger partial charge in [0.15, 0.2) is 0 Å². The van der Waals surface area contributed by atoms with E-state index < -0.39 is 8.32 Å². The first-order valence-corrected chi connectivity index (χ1v) is 8.83. The number of ether oxygens (including phenoxy) is 1. The Morgan fingerprint density at radius 1 is 1.12 bits per heavy atom. The average molecular weight is 252 g/mol. The fourth-order valence-corrected chi connectivity index (χ4v) is 3.52. The Labute approximate surface area is 104 Å². The van der Waals surface area contributed by atoms with Crippen molar-refractivity contribution in [2.24, 2.45) is 0 Å². The third kappa shape index (κ3) is 3.68. The van der Waals surface area contributed by atoms with E-state index in [1.165, 1.54) is 5.19 Å². The van der Waals surface area contributed by atoms with Gasteiger partial charge in [-0.15, -0.1) is 0 Å². The van der Waals surface area contributed by atoms with E-state index in [4.69, 9.17) is 9.16 Å². The molecule has 0 aromatic heterocycles. The van der Waals surface area contributed by atoms with Crippen LogP contribution in [0.5, 0.6) is 0 Å². The molecule has 17 heavy (non-hydrogen) atoms. The molecule has 0 saturated carbocycles. The molecule has 1 rings (SSSR count). The summed E-state index contributed by atoms with van der Waals surface area (Å²) in [5.41, 5.74) is 0.594. The number of hydrogen-bond acceptors (Lipinski definition) is 3. The number of rotatable bonds is 5. The van der Waals surface area contributed by atoms with Crippen molar-refractivity contribution in [2.45, 2.75) is 26.9 Å². The van der Waals surface area contributed by atoms with E-state index in [9.17, 15) is 4.79 Å². The molecule has 0 bridgehead atoms. The standard InChI is InChI=1S/C13H20O3Si/c1-5-15-13(14)11-7-9-12(10-8-11)17(3,4)16-6-2/h7-10H,5-6H2,1-4H3. The van der Waals surface area contributed by atoms with Crippen LogP contribution < -0.4 is 5.19 Å². The SMILES string of the molecule is CCOC(=O)c1ccc([Si](C)(C)OCC)cc1. The average Bonchev–Trinajstić information content (AvgIpc) is 2.29. The zero-order valence-corrected chi connectivity index (χ0v) is 11.9. The Bertz CT molecular complexity index is 371. The van der Waals surface area contributed by atoms with Gasteiger partial charge < -0.3 is 9.16 Å². The summed E-state index contributed by atoms with van der Waals surface area (Å²) in [5.74, 6) is -0.269. The third-order valence-corrected chi connectivity index (χ3v) is 5.33. The van der Waals surface area contributed by atoms with Crippen LogP contribution >= 0.6 is 0 Å². The Morgan fingerprint density at radius 3 is 2.18 bits per heavy atom. The molecule has 0 amide bonds. The predicted molar refractivity (Wildman–Crippen MR) is 71.1 cm³/mol. The lowest BCUT2D eigenvalue weighted by Crippen LogP contribution is -2.44. The minimum atomic E-state index is -1.81. The van der Waals surface area contributed by atoms with Crippen LogP contribution in [0.4, 0.5) is 0 Å². The molecule has 3 nitrogen and oxygen atoms in total. The van der Waals surface area contributed by atoms with Crippen molar-refractivity contribution in [3.63, 3.8) is 0 Å². The van der Waals surface area contributed by atoms with Gasteiger partial charge in [0.1, 0.15) is 0 Å². The number of carbonyl (C=O) groups excluding carboxylic acids is 1. The summed E-state index contributed by atoms with van der Waals surface area (Å²) < 4.78 is 10.7. The molecule has 0 aliphatic heterocycles. The fourth-order valence-electron chi connectivity index (χ4n) is 1.67. The Morgan fingerprint density at radius 2 is 1.71 bits per heavy atom. The smallest absolute Gasteiger partial charge is 0.338 e. The molecule has 0 aliphatic rings. The first kappa shape index (κ1) is 13.9. The normalized spacial score (nSPS) is 11.3. The summed E-state index contributed by atoms with van der Waals surface area (Å²) >= 11 is 0. The summed E-state index contributed by atoms with van der Waals surface area (Å²) in [7, 11) is -1.81. The molecule has 4 heteroatoms. The molecule has 0 radical (unpaired) electrons. The summed E-state index contributed by atoms with van der Waals surface area (Å²) in [6.07, 6.45) is 0. The number of hydrogen-bond donors (Lipinski definition) is 0. The van der Waals surface area contributed by atoms with Gasteiger partial charge in [-0.05, 0) is 44.3 Å². The Balaban J connectivity index is 2.84. The lowest BCUT2D eigenvalue weighted by atomic mass is 10.2. The molecule has 0 atom stereocenters. The van der Waals surface area contributed by atoms with Crippen molar-refractivity contribution in [2.75, 3.05) is 13.2 Å². The molecule has 1 aromatic carbocycles. The van der Waals surface area contributed by atoms with E-state index >= 15 is 0 Å². The maximum absolute atomic E-state index is 11.5. The zero-order valence-electron chi connectivity index (χ0n) is 10.9. The molecule has 0 aliphatic carbocycles. The number of carbonyl (C=O) groups is 1. The van der Waals surface area contributed by atoms with Gasteiger partial charge in [0.25, 0.3) is 0 Å². The number of benzene rings is 1. The van der Waals surface area contributed by atoms with Crippen molar-refractivity contribution < 1.29 is 14.0 Å². The Hall–Kier alpha value is -1.13. The van der Waals surface area contributed by atoms with Crippen molar-refractivity contribution in [1.82, 2.24) is 0 Å². The van der Waals surface area contributed by atoms with Gasteiger partial charge in [-0.2, -0.15) is 0 Å². The van der Waals surface area contributed by atoms with E-state index in [0.717, 1.165) is 6.61 Å². The molecule has 0 fully saturated rings. The maximum Gasteiger partial charge on any atom is 0.338 e. The highest BCUT2D eigenvalue weighted by Gasteiger charge is 2.24.